The fourth-order valence-electron chi connectivity index (χ4n) is 0.856. The van der Waals surface area contributed by atoms with Crippen molar-refractivity contribution < 1.29 is 19.5 Å². The van der Waals surface area contributed by atoms with Gasteiger partial charge in [-0.2, -0.15) is 0 Å². The van der Waals surface area contributed by atoms with Gasteiger partial charge in [0.15, 0.2) is 0 Å². The summed E-state index contributed by atoms with van der Waals surface area (Å²) in [4.78, 5) is 0. The van der Waals surface area contributed by atoms with Gasteiger partial charge in [0.05, 0.1) is 0 Å². The van der Waals surface area contributed by atoms with Gasteiger partial charge in [-0.3, -0.25) is 0 Å². The standard InChI is InChI=1S/C8H12.Ru/c1-2-4-6-8-7-5-3-1;/h1-2,7-8H,3-6H2;/q;+1. The largest absolute Gasteiger partial charge is 1.00 e. The maximum absolute atomic E-state index is 2.27. The first-order valence-electron chi connectivity index (χ1n) is 3.30. The Hall–Kier alpha value is 0.103. The van der Waals surface area contributed by atoms with Crippen LogP contribution < -0.4 is 0 Å². The Morgan fingerprint density at radius 3 is 1.00 bits per heavy atom. The summed E-state index contributed by atoms with van der Waals surface area (Å²) in [6, 6.07) is 0. The summed E-state index contributed by atoms with van der Waals surface area (Å²) in [6.45, 7) is 0. The third kappa shape index (κ3) is 4.60. The summed E-state index contributed by atoms with van der Waals surface area (Å²) in [5.41, 5.74) is 0. The molecule has 1 aliphatic rings. The molecule has 0 unspecified atom stereocenters. The quantitative estimate of drug-likeness (QED) is 0.425. The van der Waals surface area contributed by atoms with Crippen molar-refractivity contribution >= 4 is 0 Å². The van der Waals surface area contributed by atoms with Gasteiger partial charge in [-0.15, -0.1) is 0 Å². The molecule has 0 amide bonds. The first-order chi connectivity index (χ1) is 4.00. The predicted molar refractivity (Wildman–Crippen MR) is 36.7 cm³/mol. The number of hydrogen-bond donors (Lipinski definition) is 0. The first-order valence-corrected chi connectivity index (χ1v) is 3.30. The van der Waals surface area contributed by atoms with E-state index in [2.05, 4.69) is 24.3 Å². The SMILES string of the molecule is C1=CCCC=CCC1.[Ru+]. The molecule has 0 heterocycles. The third-order valence-corrected chi connectivity index (χ3v) is 1.33. The van der Waals surface area contributed by atoms with Crippen molar-refractivity contribution in [2.75, 3.05) is 0 Å². The molecule has 0 saturated carbocycles. The average molecular weight is 209 g/mol. The molecule has 0 aromatic rings. The van der Waals surface area contributed by atoms with E-state index in [1.807, 2.05) is 0 Å². The summed E-state index contributed by atoms with van der Waals surface area (Å²) in [6.07, 6.45) is 14.0. The van der Waals surface area contributed by atoms with E-state index in [4.69, 9.17) is 0 Å². The Labute approximate surface area is 69.8 Å². The molecule has 9 heavy (non-hydrogen) atoms. The number of rotatable bonds is 0. The average Bonchev–Trinajstić information content (AvgIpc) is 1.62. The molecule has 0 aromatic heterocycles. The molecule has 0 aliphatic heterocycles. The Morgan fingerprint density at radius 1 is 0.556 bits per heavy atom. The molecule has 1 radical (unpaired) electrons. The zero-order valence-corrected chi connectivity index (χ0v) is 7.23. The van der Waals surface area contributed by atoms with Gasteiger partial charge in [0.2, 0.25) is 0 Å². The summed E-state index contributed by atoms with van der Waals surface area (Å²) >= 11 is 0. The molecule has 1 heteroatoms. The third-order valence-electron chi connectivity index (χ3n) is 1.33. The van der Waals surface area contributed by atoms with Crippen molar-refractivity contribution in [3.63, 3.8) is 0 Å². The molecule has 0 fully saturated rings. The van der Waals surface area contributed by atoms with Crippen molar-refractivity contribution in [2.45, 2.75) is 25.7 Å². The van der Waals surface area contributed by atoms with Crippen LogP contribution in [0.5, 0.6) is 0 Å². The summed E-state index contributed by atoms with van der Waals surface area (Å²) in [7, 11) is 0. The van der Waals surface area contributed by atoms with E-state index >= 15 is 0 Å². The van der Waals surface area contributed by atoms with Gasteiger partial charge < -0.3 is 0 Å². The smallest absolute Gasteiger partial charge is 0.0882 e. The first kappa shape index (κ1) is 9.10. The van der Waals surface area contributed by atoms with Crippen LogP contribution in [-0.4, -0.2) is 0 Å². The fraction of sp³-hybridized carbons (Fsp3) is 0.500. The maximum Gasteiger partial charge on any atom is 1.00 e. The van der Waals surface area contributed by atoms with E-state index in [9.17, 15) is 0 Å². The predicted octanol–water partition coefficient (Wildman–Crippen LogP) is 2.67. The summed E-state index contributed by atoms with van der Waals surface area (Å²) in [5, 5.41) is 0. The van der Waals surface area contributed by atoms with Gasteiger partial charge >= 0.3 is 19.5 Å². The minimum atomic E-state index is 0. The molecule has 0 saturated heterocycles. The minimum Gasteiger partial charge on any atom is -0.0882 e. The Morgan fingerprint density at radius 2 is 0.778 bits per heavy atom. The van der Waals surface area contributed by atoms with Gasteiger partial charge in [-0.1, -0.05) is 24.3 Å². The fourth-order valence-corrected chi connectivity index (χ4v) is 0.856. The number of allylic oxidation sites excluding steroid dienone is 4. The molecule has 0 N–H and O–H groups in total. The Kier molecular flexibility index (Phi) is 6.30. The molecule has 0 aromatic carbocycles. The van der Waals surface area contributed by atoms with Crippen LogP contribution in [0.15, 0.2) is 24.3 Å². The summed E-state index contributed by atoms with van der Waals surface area (Å²) in [5.74, 6) is 0. The molecule has 0 atom stereocenters. The second kappa shape index (κ2) is 6.23. The Balaban J connectivity index is 0.000000640. The van der Waals surface area contributed by atoms with Crippen molar-refractivity contribution in [1.82, 2.24) is 0 Å². The van der Waals surface area contributed by atoms with E-state index in [0.717, 1.165) is 0 Å². The van der Waals surface area contributed by atoms with Crippen molar-refractivity contribution in [1.29, 1.82) is 0 Å². The van der Waals surface area contributed by atoms with Crippen LogP contribution in [0.3, 0.4) is 0 Å². The second-order valence-electron chi connectivity index (χ2n) is 2.10. The van der Waals surface area contributed by atoms with E-state index in [0.29, 0.717) is 0 Å². The molecule has 1 aliphatic carbocycles. The minimum absolute atomic E-state index is 0. The normalized spacial score (nSPS) is 17.8. The van der Waals surface area contributed by atoms with Gasteiger partial charge in [-0.25, -0.2) is 0 Å². The van der Waals surface area contributed by atoms with Crippen molar-refractivity contribution in [3.8, 4) is 0 Å². The molecule has 0 nitrogen and oxygen atoms in total. The van der Waals surface area contributed by atoms with E-state index in [1.165, 1.54) is 25.7 Å². The van der Waals surface area contributed by atoms with Gasteiger partial charge in [0, 0.05) is 0 Å². The van der Waals surface area contributed by atoms with Crippen LogP contribution in [-0.2, 0) is 19.5 Å². The van der Waals surface area contributed by atoms with Crippen LogP contribution in [0.1, 0.15) is 25.7 Å². The van der Waals surface area contributed by atoms with Crippen LogP contribution >= 0.6 is 0 Å². The topological polar surface area (TPSA) is 0 Å². The van der Waals surface area contributed by atoms with Crippen LogP contribution in [0, 0.1) is 0 Å². The van der Waals surface area contributed by atoms with E-state index in [-0.39, 0.29) is 19.5 Å². The monoisotopic (exact) mass is 210 g/mol. The molecular weight excluding hydrogens is 197 g/mol. The van der Waals surface area contributed by atoms with Crippen LogP contribution in [0.2, 0.25) is 0 Å². The van der Waals surface area contributed by atoms with Gasteiger partial charge in [0.25, 0.3) is 0 Å². The summed E-state index contributed by atoms with van der Waals surface area (Å²) < 4.78 is 0. The Bertz CT molecular complexity index is 77.1. The van der Waals surface area contributed by atoms with Crippen molar-refractivity contribution in [2.24, 2.45) is 0 Å². The van der Waals surface area contributed by atoms with E-state index < -0.39 is 0 Å². The zero-order valence-electron chi connectivity index (χ0n) is 5.49. The molecule has 51 valence electrons. The molecule has 0 bridgehead atoms. The van der Waals surface area contributed by atoms with Crippen LogP contribution in [0.25, 0.3) is 0 Å². The van der Waals surface area contributed by atoms with E-state index in [1.54, 1.807) is 0 Å². The molecule has 1 rings (SSSR count). The molecular formula is C8H12Ru+. The molecule has 0 spiro atoms. The maximum atomic E-state index is 2.27. The van der Waals surface area contributed by atoms with Crippen molar-refractivity contribution in [3.05, 3.63) is 24.3 Å². The van der Waals surface area contributed by atoms with Crippen LogP contribution in [0.4, 0.5) is 0 Å². The van der Waals surface area contributed by atoms with Gasteiger partial charge in [0.1, 0.15) is 0 Å². The van der Waals surface area contributed by atoms with Gasteiger partial charge in [-0.05, 0) is 25.7 Å². The second-order valence-corrected chi connectivity index (χ2v) is 2.10. The zero-order chi connectivity index (χ0) is 5.66. The number of hydrogen-bond acceptors (Lipinski definition) is 0.